The van der Waals surface area contributed by atoms with Crippen LogP contribution in [-0.2, 0) is 4.79 Å². The molecule has 90 valence electrons. The van der Waals surface area contributed by atoms with E-state index < -0.39 is 0 Å². The van der Waals surface area contributed by atoms with E-state index in [9.17, 15) is 4.79 Å². The fraction of sp³-hybridized carbons (Fsp3) is 0.800. The van der Waals surface area contributed by atoms with Gasteiger partial charge in [0.1, 0.15) is 0 Å². The van der Waals surface area contributed by atoms with Crippen molar-refractivity contribution in [3.05, 3.63) is 11.6 Å². The number of carbonyl (C=O) groups is 1. The Morgan fingerprint density at radius 3 is 3.00 bits per heavy atom. The van der Waals surface area contributed by atoms with Gasteiger partial charge in [-0.1, -0.05) is 38.7 Å². The molecule has 0 aromatic carbocycles. The van der Waals surface area contributed by atoms with E-state index in [1.165, 1.54) is 50.5 Å². The van der Waals surface area contributed by atoms with Crippen molar-refractivity contribution in [2.45, 2.75) is 64.7 Å². The van der Waals surface area contributed by atoms with Gasteiger partial charge in [0, 0.05) is 6.42 Å². The Bertz CT molecular complexity index is 277. The summed E-state index contributed by atoms with van der Waals surface area (Å²) >= 11 is 0. The highest BCUT2D eigenvalue weighted by molar-refractivity contribution is 5.98. The predicted molar refractivity (Wildman–Crippen MR) is 67.3 cm³/mol. The second-order valence-electron chi connectivity index (χ2n) is 5.43. The van der Waals surface area contributed by atoms with Crippen molar-refractivity contribution in [3.8, 4) is 0 Å². The summed E-state index contributed by atoms with van der Waals surface area (Å²) in [6.07, 6.45) is 13.4. The molecule has 2 aliphatic rings. The van der Waals surface area contributed by atoms with Crippen LogP contribution in [0.5, 0.6) is 0 Å². The topological polar surface area (TPSA) is 17.1 Å². The van der Waals surface area contributed by atoms with Crippen LogP contribution in [0.1, 0.15) is 64.7 Å². The average Bonchev–Trinajstić information content (AvgIpc) is 2.63. The van der Waals surface area contributed by atoms with Gasteiger partial charge in [0.2, 0.25) is 0 Å². The minimum absolute atomic E-state index is 0.463. The number of carbonyl (C=O) groups excluding carboxylic acids is 1. The monoisotopic (exact) mass is 220 g/mol. The summed E-state index contributed by atoms with van der Waals surface area (Å²) in [6, 6.07) is 0. The zero-order chi connectivity index (χ0) is 11.4. The Morgan fingerprint density at radius 1 is 1.31 bits per heavy atom. The molecule has 0 N–H and O–H groups in total. The van der Waals surface area contributed by atoms with Gasteiger partial charge >= 0.3 is 0 Å². The van der Waals surface area contributed by atoms with Crippen molar-refractivity contribution >= 4 is 5.78 Å². The van der Waals surface area contributed by atoms with Crippen LogP contribution in [0, 0.1) is 11.8 Å². The van der Waals surface area contributed by atoms with E-state index in [2.05, 4.69) is 13.0 Å². The molecule has 0 aliphatic heterocycles. The summed E-state index contributed by atoms with van der Waals surface area (Å²) < 4.78 is 0. The van der Waals surface area contributed by atoms with E-state index in [1.54, 1.807) is 0 Å². The van der Waals surface area contributed by atoms with Gasteiger partial charge in [0.15, 0.2) is 5.78 Å². The van der Waals surface area contributed by atoms with Gasteiger partial charge in [0.05, 0.1) is 0 Å². The van der Waals surface area contributed by atoms with Gasteiger partial charge in [0.25, 0.3) is 0 Å². The van der Waals surface area contributed by atoms with Crippen LogP contribution in [0.25, 0.3) is 0 Å². The first-order valence-electron chi connectivity index (χ1n) is 7.06. The molecule has 0 aromatic heterocycles. The van der Waals surface area contributed by atoms with E-state index in [4.69, 9.17) is 0 Å². The maximum Gasteiger partial charge on any atom is 0.159 e. The molecule has 1 fully saturated rings. The molecule has 2 rings (SSSR count). The van der Waals surface area contributed by atoms with E-state index in [0.29, 0.717) is 17.6 Å². The van der Waals surface area contributed by atoms with E-state index in [0.717, 1.165) is 12.8 Å². The molecule has 2 aliphatic carbocycles. The number of hydrogen-bond donors (Lipinski definition) is 0. The van der Waals surface area contributed by atoms with Crippen LogP contribution in [0.15, 0.2) is 11.6 Å². The second kappa shape index (κ2) is 5.65. The minimum atomic E-state index is 0.463. The summed E-state index contributed by atoms with van der Waals surface area (Å²) in [7, 11) is 0. The normalized spacial score (nSPS) is 29.1. The van der Waals surface area contributed by atoms with Crippen LogP contribution in [0.3, 0.4) is 0 Å². The highest BCUT2D eigenvalue weighted by atomic mass is 16.1. The predicted octanol–water partition coefficient (Wildman–Crippen LogP) is 4.27. The van der Waals surface area contributed by atoms with E-state index in [1.807, 2.05) is 0 Å². The highest BCUT2D eigenvalue weighted by Crippen LogP contribution is 2.42. The third-order valence-electron chi connectivity index (χ3n) is 4.25. The summed E-state index contributed by atoms with van der Waals surface area (Å²) in [5.74, 6) is 1.80. The van der Waals surface area contributed by atoms with Crippen molar-refractivity contribution in [1.29, 1.82) is 0 Å². The molecule has 0 saturated heterocycles. The van der Waals surface area contributed by atoms with Crippen molar-refractivity contribution in [2.24, 2.45) is 11.8 Å². The first kappa shape index (κ1) is 11.9. The van der Waals surface area contributed by atoms with Crippen molar-refractivity contribution in [3.63, 3.8) is 0 Å². The maximum atomic E-state index is 11.8. The molecule has 1 nitrogen and oxygen atoms in total. The molecule has 0 aromatic rings. The Labute approximate surface area is 99.3 Å². The highest BCUT2D eigenvalue weighted by Gasteiger charge is 2.37. The first-order chi connectivity index (χ1) is 7.83. The summed E-state index contributed by atoms with van der Waals surface area (Å²) in [5, 5.41) is 0. The Morgan fingerprint density at radius 2 is 2.19 bits per heavy atom. The van der Waals surface area contributed by atoms with E-state index in [-0.39, 0.29) is 0 Å². The largest absolute Gasteiger partial charge is 0.295 e. The van der Waals surface area contributed by atoms with Crippen molar-refractivity contribution < 1.29 is 4.79 Å². The van der Waals surface area contributed by atoms with Crippen LogP contribution >= 0.6 is 0 Å². The van der Waals surface area contributed by atoms with Crippen molar-refractivity contribution in [1.82, 2.24) is 0 Å². The summed E-state index contributed by atoms with van der Waals surface area (Å²) in [6.45, 7) is 2.25. The third-order valence-corrected chi connectivity index (χ3v) is 4.25. The number of fused-ring (bicyclic) bond motifs is 1. The third kappa shape index (κ3) is 2.56. The number of allylic oxidation sites excluding steroid dienone is 2. The molecule has 1 heteroatoms. The number of ketones is 1. The van der Waals surface area contributed by atoms with Gasteiger partial charge < -0.3 is 0 Å². The quantitative estimate of drug-likeness (QED) is 0.632. The number of rotatable bonds is 5. The second-order valence-corrected chi connectivity index (χ2v) is 5.43. The number of hydrogen-bond acceptors (Lipinski definition) is 1. The zero-order valence-corrected chi connectivity index (χ0v) is 10.5. The molecule has 1 saturated carbocycles. The molecule has 16 heavy (non-hydrogen) atoms. The van der Waals surface area contributed by atoms with Crippen LogP contribution < -0.4 is 0 Å². The molecular weight excluding hydrogens is 196 g/mol. The summed E-state index contributed by atoms with van der Waals surface area (Å²) in [5.41, 5.74) is 1.20. The molecule has 0 radical (unpaired) electrons. The molecule has 0 amide bonds. The van der Waals surface area contributed by atoms with Crippen LogP contribution in [-0.4, -0.2) is 5.78 Å². The van der Waals surface area contributed by atoms with Gasteiger partial charge in [-0.25, -0.2) is 0 Å². The summed E-state index contributed by atoms with van der Waals surface area (Å²) in [4.78, 5) is 11.8. The van der Waals surface area contributed by atoms with Gasteiger partial charge in [-0.3, -0.25) is 4.79 Å². The Balaban J connectivity index is 1.84. The fourth-order valence-electron chi connectivity index (χ4n) is 3.35. The van der Waals surface area contributed by atoms with Crippen LogP contribution in [0.4, 0.5) is 0 Å². The lowest BCUT2D eigenvalue weighted by molar-refractivity contribution is -0.114. The number of unbranched alkanes of at least 4 members (excludes halogenated alkanes) is 3. The Kier molecular flexibility index (Phi) is 4.20. The van der Waals surface area contributed by atoms with Gasteiger partial charge in [-0.05, 0) is 43.1 Å². The first-order valence-corrected chi connectivity index (χ1v) is 7.06. The minimum Gasteiger partial charge on any atom is -0.295 e. The number of Topliss-reactive ketones (excluding diaryl/α,β-unsaturated/α-hetero) is 1. The average molecular weight is 220 g/mol. The molecular formula is C15H24O. The smallest absolute Gasteiger partial charge is 0.159 e. The molecule has 0 bridgehead atoms. The Hall–Kier alpha value is -0.590. The lowest BCUT2D eigenvalue weighted by Crippen LogP contribution is -2.12. The lowest BCUT2D eigenvalue weighted by Gasteiger charge is -2.22. The SMILES string of the molecule is CCCCCC[C@H]1CC(=O)C2=CCCC[C@@H]21. The van der Waals surface area contributed by atoms with E-state index >= 15 is 0 Å². The molecule has 0 spiro atoms. The molecule has 0 unspecified atom stereocenters. The zero-order valence-electron chi connectivity index (χ0n) is 10.5. The van der Waals surface area contributed by atoms with Gasteiger partial charge in [-0.15, -0.1) is 0 Å². The standard InChI is InChI=1S/C15H24O/c1-2-3-4-5-8-12-11-15(16)14-10-7-6-9-13(12)14/h10,12-13H,2-9,11H2,1H3/t12-,13+/m0/s1. The lowest BCUT2D eigenvalue weighted by atomic mass is 9.82. The fourth-order valence-corrected chi connectivity index (χ4v) is 3.35. The molecule has 0 heterocycles. The van der Waals surface area contributed by atoms with Crippen LogP contribution in [0.2, 0.25) is 0 Å². The van der Waals surface area contributed by atoms with Crippen molar-refractivity contribution in [2.75, 3.05) is 0 Å². The maximum absolute atomic E-state index is 11.8. The molecule has 2 atom stereocenters. The van der Waals surface area contributed by atoms with Gasteiger partial charge in [-0.2, -0.15) is 0 Å².